The molecule has 9 aromatic rings. The highest BCUT2D eigenvalue weighted by atomic mass is 32.1. The van der Waals surface area contributed by atoms with Crippen LogP contribution in [0.3, 0.4) is 0 Å². The predicted molar refractivity (Wildman–Crippen MR) is 367 cm³/mol. The third-order valence-electron chi connectivity index (χ3n) is 16.5. The maximum absolute atomic E-state index is 12.4. The lowest BCUT2D eigenvalue weighted by molar-refractivity contribution is -0.117. The van der Waals surface area contributed by atoms with Crippen molar-refractivity contribution in [3.63, 3.8) is 0 Å². The van der Waals surface area contributed by atoms with Gasteiger partial charge >= 0.3 is 0 Å². The Bertz CT molecular complexity index is 3990. The monoisotopic (exact) mass is 1280 g/mol. The molecule has 91 heavy (non-hydrogen) atoms. The normalized spacial score (nSPS) is 14.9. The van der Waals surface area contributed by atoms with Gasteiger partial charge in [0.25, 0.3) is 0 Å². The smallest absolute Gasteiger partial charge is 0.227 e. The highest BCUT2D eigenvalue weighted by Crippen LogP contribution is 2.39. The number of aryl methyl sites for hydroxylation is 6. The van der Waals surface area contributed by atoms with Crippen LogP contribution in [0, 0.1) is 0 Å². The molecule has 470 valence electrons. The Hall–Kier alpha value is -8.39. The molecule has 0 radical (unpaired) electrons. The Morgan fingerprint density at radius 3 is 1.22 bits per heavy atom. The summed E-state index contributed by atoms with van der Waals surface area (Å²) in [6, 6.07) is 29.4. The average Bonchev–Trinajstić information content (AvgIpc) is 2.11. The number of thiophene rings is 3. The van der Waals surface area contributed by atoms with Crippen LogP contribution in [0.4, 0.5) is 52.0 Å². The van der Waals surface area contributed by atoms with Crippen molar-refractivity contribution in [2.45, 2.75) is 57.8 Å². The van der Waals surface area contributed by atoms with E-state index in [2.05, 4.69) is 103 Å². The second kappa shape index (κ2) is 30.2. The second-order valence-corrected chi connectivity index (χ2v) is 26.4. The number of anilines is 9. The van der Waals surface area contributed by atoms with E-state index in [1.165, 1.54) is 48.0 Å². The third-order valence-corrected chi connectivity index (χ3v) is 19.4. The average molecular weight is 1280 g/mol. The van der Waals surface area contributed by atoms with Gasteiger partial charge in [0.15, 0.2) is 0 Å². The summed E-state index contributed by atoms with van der Waals surface area (Å²) in [5, 5.41) is 25.2. The number of carbonyl (C=O) groups excluding carboxylic acids is 3. The molecule has 20 nitrogen and oxygen atoms in total. The molecule has 3 amide bonds. The van der Waals surface area contributed by atoms with Crippen LogP contribution >= 0.6 is 34.0 Å². The van der Waals surface area contributed by atoms with Crippen molar-refractivity contribution in [1.82, 2.24) is 49.5 Å². The number of hydrogen-bond donors (Lipinski definition) is 6. The van der Waals surface area contributed by atoms with E-state index in [9.17, 15) is 14.4 Å². The van der Waals surface area contributed by atoms with Crippen molar-refractivity contribution in [3.05, 3.63) is 157 Å². The molecule has 2 aliphatic heterocycles. The van der Waals surface area contributed by atoms with E-state index in [0.29, 0.717) is 37.1 Å². The molecule has 6 aromatic heterocycles. The topological polar surface area (TPSA) is 223 Å². The van der Waals surface area contributed by atoms with E-state index in [1.54, 1.807) is 34.0 Å². The Kier molecular flexibility index (Phi) is 20.8. The summed E-state index contributed by atoms with van der Waals surface area (Å²) < 4.78 is 5.35. The summed E-state index contributed by atoms with van der Waals surface area (Å²) in [5.41, 5.74) is 15.1. The molecule has 0 bridgehead atoms. The molecule has 8 heterocycles. The minimum atomic E-state index is 0.000804. The molecule has 2 saturated heterocycles. The van der Waals surface area contributed by atoms with Crippen LogP contribution in [0.15, 0.2) is 126 Å². The number of carbonyl (C=O) groups is 3. The van der Waals surface area contributed by atoms with Gasteiger partial charge in [0.2, 0.25) is 35.6 Å². The maximum atomic E-state index is 12.4. The van der Waals surface area contributed by atoms with Gasteiger partial charge in [0.05, 0.1) is 30.3 Å². The zero-order valence-electron chi connectivity index (χ0n) is 51.6. The van der Waals surface area contributed by atoms with Gasteiger partial charge < -0.3 is 51.3 Å². The number of piperazine rings is 1. The summed E-state index contributed by atoms with van der Waals surface area (Å²) in [6.07, 6.45) is 13.3. The zero-order chi connectivity index (χ0) is 62.5. The molecule has 0 atom stereocenters. The van der Waals surface area contributed by atoms with Gasteiger partial charge in [-0.3, -0.25) is 19.3 Å². The van der Waals surface area contributed by atoms with Gasteiger partial charge in [0, 0.05) is 162 Å². The number of rotatable bonds is 18. The lowest BCUT2D eigenvalue weighted by Gasteiger charge is -2.32. The van der Waals surface area contributed by atoms with Crippen molar-refractivity contribution >= 4 is 104 Å². The summed E-state index contributed by atoms with van der Waals surface area (Å²) >= 11 is 5.37. The van der Waals surface area contributed by atoms with Gasteiger partial charge in [-0.1, -0.05) is 18.2 Å². The molecule has 5 aliphatic rings. The molecule has 14 rings (SSSR count). The zero-order valence-corrected chi connectivity index (χ0v) is 54.0. The Labute approximate surface area is 543 Å². The summed E-state index contributed by atoms with van der Waals surface area (Å²) in [4.78, 5) is 77.7. The van der Waals surface area contributed by atoms with Crippen molar-refractivity contribution in [2.24, 2.45) is 0 Å². The van der Waals surface area contributed by atoms with Gasteiger partial charge in [-0.05, 0) is 165 Å². The number of hydrogen-bond acceptors (Lipinski definition) is 20. The van der Waals surface area contributed by atoms with Gasteiger partial charge in [-0.2, -0.15) is 0 Å². The Morgan fingerprint density at radius 2 is 0.835 bits per heavy atom. The summed E-state index contributed by atoms with van der Waals surface area (Å²) in [6.45, 7) is 9.71. The number of ether oxygens (including phenoxy) is 1. The van der Waals surface area contributed by atoms with Crippen LogP contribution in [0.1, 0.15) is 50.6 Å². The quantitative estimate of drug-likeness (QED) is 0.0470. The standard InChI is InChI=1S/C24H28N6OS.C23H25N5O2S.C21H23N5OS/c1-29-10-12-30(13-11-29)9-7-22(31)26-18-3-2-4-19(15-18)27-24-25-16-17-5-6-21-20(8-14-32-21)23(17)28-24;29-21(6-8-28-9-11-30-12-10-28)25-17-2-1-3-18(14-17)26-23-24-15-16-4-5-20-19(7-13-31-20)22(16)27-23;1-26(2)10-8-19(27)23-15-4-3-5-16(12-15)24-21-22-13-14-6-7-18-17(9-11-28-18)20(14)25-21/h2-4,8,14-16H,5-7,9-13H2,1H3,(H,26,31)(H,25,27,28);1-3,7,13-15H,4-6,8-12H2,(H,25,29)(H,24,26,27);3-5,9,11-13H,6-8,10H2,1-2H3,(H,23,27)(H,22,24,25). The van der Waals surface area contributed by atoms with Gasteiger partial charge in [-0.25, -0.2) is 29.9 Å². The van der Waals surface area contributed by atoms with E-state index in [-0.39, 0.29) is 17.7 Å². The summed E-state index contributed by atoms with van der Waals surface area (Å²) in [7, 11) is 6.05. The Morgan fingerprint density at radius 1 is 0.473 bits per heavy atom. The number of likely N-dealkylation sites (N-methyl/N-ethyl adjacent to an activating group) is 1. The first-order valence-corrected chi connectivity index (χ1v) is 33.8. The van der Waals surface area contributed by atoms with Crippen molar-refractivity contribution in [1.29, 1.82) is 0 Å². The molecule has 0 unspecified atom stereocenters. The number of nitrogens with one attached hydrogen (secondary N) is 6. The van der Waals surface area contributed by atoms with Crippen molar-refractivity contribution in [3.8, 4) is 33.8 Å². The SMILES string of the molecule is CN(C)CCC(=O)Nc1cccc(Nc2ncc3c(n2)-c2ccsc2CC3)c1.CN1CCN(CCC(=O)Nc2cccc(Nc3ncc4c(n3)-c3ccsc3CC4)c2)CC1.O=C(CCN1CCOCC1)Nc1cccc(Nc2ncc3c(n2)-c2ccsc2CC3)c1. The largest absolute Gasteiger partial charge is 0.379 e. The number of benzene rings is 3. The minimum Gasteiger partial charge on any atom is -0.379 e. The molecule has 23 heteroatoms. The highest BCUT2D eigenvalue weighted by Gasteiger charge is 2.24. The molecule has 0 saturated carbocycles. The lowest BCUT2D eigenvalue weighted by Crippen LogP contribution is -2.45. The van der Waals surface area contributed by atoms with Crippen molar-refractivity contribution in [2.75, 3.05) is 125 Å². The number of fused-ring (bicyclic) bond motifs is 9. The number of aromatic nitrogens is 6. The fourth-order valence-electron chi connectivity index (χ4n) is 11.5. The molecule has 3 aromatic carbocycles. The number of nitrogens with zero attached hydrogens (tertiary/aromatic N) is 10. The van der Waals surface area contributed by atoms with E-state index in [4.69, 9.17) is 19.7 Å². The maximum Gasteiger partial charge on any atom is 0.227 e. The van der Waals surface area contributed by atoms with Crippen molar-refractivity contribution < 1.29 is 19.1 Å². The van der Waals surface area contributed by atoms with Crippen LogP contribution < -0.4 is 31.9 Å². The van der Waals surface area contributed by atoms with Crippen LogP contribution in [-0.2, 0) is 57.6 Å². The molecule has 3 aliphatic carbocycles. The number of amides is 3. The van der Waals surface area contributed by atoms with Crippen LogP contribution in [0.5, 0.6) is 0 Å². The predicted octanol–water partition coefficient (Wildman–Crippen LogP) is 11.3. The highest BCUT2D eigenvalue weighted by molar-refractivity contribution is 7.11. The van der Waals surface area contributed by atoms with E-state index in [1.807, 2.05) is 110 Å². The van der Waals surface area contributed by atoms with Crippen LogP contribution in [0.25, 0.3) is 33.8 Å². The first-order valence-electron chi connectivity index (χ1n) is 31.1. The second-order valence-electron chi connectivity index (χ2n) is 23.4. The molecule has 0 spiro atoms. The molecule has 6 N–H and O–H groups in total. The molecular formula is C68H76N16O4S3. The van der Waals surface area contributed by atoms with Gasteiger partial charge in [0.1, 0.15) is 0 Å². The lowest BCUT2D eigenvalue weighted by atomic mass is 9.96. The fraction of sp³-hybridized carbons (Fsp3) is 0.338. The first-order chi connectivity index (χ1) is 44.5. The molecule has 2 fully saturated rings. The molecular weight excluding hydrogens is 1200 g/mol. The third kappa shape index (κ3) is 17.0. The van der Waals surface area contributed by atoms with E-state index >= 15 is 0 Å². The van der Waals surface area contributed by atoms with E-state index < -0.39 is 0 Å². The van der Waals surface area contributed by atoms with Gasteiger partial charge in [-0.15, -0.1) is 34.0 Å². The fourth-order valence-corrected chi connectivity index (χ4v) is 14.1. The van der Waals surface area contributed by atoms with E-state index in [0.717, 1.165) is 162 Å². The van der Waals surface area contributed by atoms with Crippen LogP contribution in [-0.4, -0.2) is 160 Å². The van der Waals surface area contributed by atoms with Crippen LogP contribution in [0.2, 0.25) is 0 Å². The Balaban J connectivity index is 0.000000132. The summed E-state index contributed by atoms with van der Waals surface area (Å²) in [5.74, 6) is 1.75. The first kappa shape index (κ1) is 62.8. The number of morpholine rings is 1. The minimum absolute atomic E-state index is 0.000804.